The number of nitrogens with one attached hydrogen (secondary N) is 1. The molecular weight excluding hydrogens is 324 g/mol. The molecule has 0 aromatic rings. The van der Waals surface area contributed by atoms with Crippen molar-refractivity contribution in [3.05, 3.63) is 4.91 Å². The zero-order valence-electron chi connectivity index (χ0n) is 16.1. The van der Waals surface area contributed by atoms with E-state index in [1.807, 2.05) is 0 Å². The summed E-state index contributed by atoms with van der Waals surface area (Å²) in [7, 11) is 0. The molecule has 1 saturated heterocycles. The van der Waals surface area contributed by atoms with Crippen LogP contribution in [-0.2, 0) is 0 Å². The number of hydrogen-bond donors (Lipinski definition) is 3. The Hall–Kier alpha value is -0.520. The van der Waals surface area contributed by atoms with Crippen molar-refractivity contribution in [1.29, 1.82) is 0 Å². The van der Waals surface area contributed by atoms with Gasteiger partial charge in [0.2, 0.25) is 0 Å². The average molecular weight is 361 g/mol. The van der Waals surface area contributed by atoms with E-state index in [0.717, 1.165) is 44.7 Å². The van der Waals surface area contributed by atoms with E-state index in [2.05, 4.69) is 10.5 Å². The van der Waals surface area contributed by atoms with Gasteiger partial charge in [0, 0.05) is 23.5 Å². The van der Waals surface area contributed by atoms with E-state index in [9.17, 15) is 4.91 Å². The Morgan fingerprint density at radius 3 is 2.35 bits per heavy atom. The maximum atomic E-state index is 12.0. The largest absolute Gasteiger partial charge is 0.326 e. The van der Waals surface area contributed by atoms with Crippen molar-refractivity contribution in [1.82, 2.24) is 5.32 Å². The van der Waals surface area contributed by atoms with E-state index < -0.39 is 0 Å². The van der Waals surface area contributed by atoms with Gasteiger partial charge in [-0.15, -0.1) is 0 Å². The Kier molecular flexibility index (Phi) is 4.05. The highest BCUT2D eigenvalue weighted by molar-refractivity contribution is 5.27. The Morgan fingerprint density at radius 2 is 1.65 bits per heavy atom. The summed E-state index contributed by atoms with van der Waals surface area (Å²) in [5, 5.41) is 7.43. The van der Waals surface area contributed by atoms with E-state index in [1.54, 1.807) is 0 Å². The van der Waals surface area contributed by atoms with Crippen LogP contribution in [0.5, 0.6) is 0 Å². The summed E-state index contributed by atoms with van der Waals surface area (Å²) in [6.45, 7) is 2.13. The van der Waals surface area contributed by atoms with Gasteiger partial charge in [0.25, 0.3) is 0 Å². The van der Waals surface area contributed by atoms with Crippen LogP contribution in [0, 0.1) is 33.5 Å². The second-order valence-electron chi connectivity index (χ2n) is 10.3. The van der Waals surface area contributed by atoms with Crippen molar-refractivity contribution in [3.63, 3.8) is 0 Å². The molecule has 1 spiro atoms. The summed E-state index contributed by atoms with van der Waals surface area (Å²) in [5.41, 5.74) is 14.1. The van der Waals surface area contributed by atoms with E-state index in [1.165, 1.54) is 44.9 Å². The van der Waals surface area contributed by atoms with Gasteiger partial charge in [-0.1, -0.05) is 18.0 Å². The van der Waals surface area contributed by atoms with E-state index >= 15 is 0 Å². The van der Waals surface area contributed by atoms with Gasteiger partial charge < -0.3 is 16.8 Å². The van der Waals surface area contributed by atoms with Crippen molar-refractivity contribution >= 4 is 0 Å². The molecule has 0 radical (unpaired) electrons. The highest BCUT2D eigenvalue weighted by Crippen LogP contribution is 2.74. The van der Waals surface area contributed by atoms with Gasteiger partial charge >= 0.3 is 0 Å². The fourth-order valence-electron chi connectivity index (χ4n) is 9.17. The molecule has 1 heterocycles. The fraction of sp³-hybridized carbons (Fsp3) is 1.00. The minimum absolute atomic E-state index is 0.0573. The maximum absolute atomic E-state index is 12.0. The standard InChI is InChI=1S/C21H36N4O/c22-17-6-5-15-7-9-20(23)10-8-16(18(17)25-26)21(15,14-3-1-2-4-14)19(20)11-12-24-13-19/h14-18,24H,1-13,22-23H2. The van der Waals surface area contributed by atoms with Gasteiger partial charge in [-0.25, -0.2) is 0 Å². The average Bonchev–Trinajstić information content (AvgIpc) is 3.30. The fourth-order valence-corrected chi connectivity index (χ4v) is 9.17. The first-order chi connectivity index (χ1) is 12.6. The Balaban J connectivity index is 1.75. The highest BCUT2D eigenvalue weighted by Gasteiger charge is 2.74. The number of hydrogen-bond acceptors (Lipinski definition) is 5. The quantitative estimate of drug-likeness (QED) is 0.660. The van der Waals surface area contributed by atoms with Crippen molar-refractivity contribution < 1.29 is 0 Å². The summed E-state index contributed by atoms with van der Waals surface area (Å²) >= 11 is 0. The first kappa shape index (κ1) is 17.6. The minimum atomic E-state index is -0.208. The van der Waals surface area contributed by atoms with E-state index in [-0.39, 0.29) is 28.5 Å². The van der Waals surface area contributed by atoms with E-state index in [4.69, 9.17) is 11.5 Å². The SMILES string of the molecule is NC1CCC2CCC3(N)CCC(C1N=O)C2(C1CCCC1)C31CCNC1. The van der Waals surface area contributed by atoms with Gasteiger partial charge in [-0.05, 0) is 87.5 Å². The van der Waals surface area contributed by atoms with Crippen molar-refractivity contribution in [2.24, 2.45) is 45.2 Å². The molecule has 2 bridgehead atoms. The molecule has 7 unspecified atom stereocenters. The Labute approximate surface area is 157 Å². The predicted octanol–water partition coefficient (Wildman–Crippen LogP) is 2.92. The minimum Gasteiger partial charge on any atom is -0.326 e. The van der Waals surface area contributed by atoms with Gasteiger partial charge in [0.15, 0.2) is 0 Å². The van der Waals surface area contributed by atoms with Crippen molar-refractivity contribution in [2.75, 3.05) is 13.1 Å². The molecule has 1 aliphatic heterocycles. The molecule has 4 saturated carbocycles. The van der Waals surface area contributed by atoms with Crippen LogP contribution in [0.15, 0.2) is 5.18 Å². The maximum Gasteiger partial charge on any atom is 0.110 e. The molecule has 7 atom stereocenters. The molecule has 146 valence electrons. The lowest BCUT2D eigenvalue weighted by Crippen LogP contribution is -2.75. The molecule has 5 heteroatoms. The molecule has 4 aliphatic carbocycles. The van der Waals surface area contributed by atoms with Crippen LogP contribution in [0.2, 0.25) is 0 Å². The van der Waals surface area contributed by atoms with Crippen LogP contribution in [0.25, 0.3) is 0 Å². The van der Waals surface area contributed by atoms with Gasteiger partial charge in [0.05, 0.1) is 0 Å². The van der Waals surface area contributed by atoms with Crippen molar-refractivity contribution in [2.45, 2.75) is 88.3 Å². The third kappa shape index (κ3) is 1.93. The summed E-state index contributed by atoms with van der Waals surface area (Å²) < 4.78 is 0. The summed E-state index contributed by atoms with van der Waals surface area (Å²) in [5.74, 6) is 1.75. The number of nitroso groups, excluding NO2 is 1. The first-order valence-electron chi connectivity index (χ1n) is 11.2. The molecule has 5 rings (SSSR count). The molecule has 0 amide bonds. The third-order valence-electron chi connectivity index (χ3n) is 9.92. The smallest absolute Gasteiger partial charge is 0.110 e. The molecule has 5 nitrogen and oxygen atoms in total. The summed E-state index contributed by atoms with van der Waals surface area (Å²) in [6.07, 6.45) is 13.2. The predicted molar refractivity (Wildman–Crippen MR) is 103 cm³/mol. The first-order valence-corrected chi connectivity index (χ1v) is 11.2. The zero-order valence-corrected chi connectivity index (χ0v) is 16.1. The van der Waals surface area contributed by atoms with Gasteiger partial charge in [-0.3, -0.25) is 0 Å². The monoisotopic (exact) mass is 360 g/mol. The third-order valence-corrected chi connectivity index (χ3v) is 9.92. The zero-order chi connectivity index (χ0) is 18.0. The van der Waals surface area contributed by atoms with Gasteiger partial charge in [0.1, 0.15) is 6.04 Å². The lowest BCUT2D eigenvalue weighted by atomic mass is 9.33. The van der Waals surface area contributed by atoms with Crippen LogP contribution >= 0.6 is 0 Å². The number of nitrogens with zero attached hydrogens (tertiary/aromatic N) is 1. The summed E-state index contributed by atoms with van der Waals surface area (Å²) in [6, 6.07) is -0.265. The Bertz CT molecular complexity index is 570. The second-order valence-corrected chi connectivity index (χ2v) is 10.3. The lowest BCUT2D eigenvalue weighted by molar-refractivity contribution is -0.212. The normalized spacial score (nSPS) is 54.4. The summed E-state index contributed by atoms with van der Waals surface area (Å²) in [4.78, 5) is 12.0. The second kappa shape index (κ2) is 5.99. The number of nitrogens with two attached hydrogens (primary N) is 2. The molecule has 5 aliphatic rings. The number of rotatable bonds is 2. The van der Waals surface area contributed by atoms with Crippen LogP contribution in [0.3, 0.4) is 0 Å². The van der Waals surface area contributed by atoms with E-state index in [0.29, 0.717) is 11.8 Å². The molecule has 26 heavy (non-hydrogen) atoms. The van der Waals surface area contributed by atoms with Crippen LogP contribution in [0.1, 0.15) is 70.6 Å². The topological polar surface area (TPSA) is 93.5 Å². The molecular formula is C21H36N4O. The van der Waals surface area contributed by atoms with Crippen LogP contribution < -0.4 is 16.8 Å². The van der Waals surface area contributed by atoms with Crippen LogP contribution in [0.4, 0.5) is 0 Å². The Morgan fingerprint density at radius 1 is 0.923 bits per heavy atom. The lowest BCUT2D eigenvalue weighted by Gasteiger charge is -2.72. The molecule has 5 fully saturated rings. The molecule has 0 aromatic carbocycles. The van der Waals surface area contributed by atoms with Crippen LogP contribution in [-0.4, -0.2) is 30.7 Å². The molecule has 0 aromatic heterocycles. The van der Waals surface area contributed by atoms with Gasteiger partial charge in [-0.2, -0.15) is 4.91 Å². The van der Waals surface area contributed by atoms with Crippen molar-refractivity contribution in [3.8, 4) is 0 Å². The highest BCUT2D eigenvalue weighted by atomic mass is 16.3. The molecule has 5 N–H and O–H groups in total.